The molecule has 5 nitrogen and oxygen atoms in total. The fraction of sp³-hybridized carbons (Fsp3) is 0.938. The standard InChI is InChI=1S/C16H34N4O/c1-14(2)13-20-11-9-19(10-12-20)8-6-5-7-16(3,18-4)15(17)21/h14,18H,5-13H2,1-4H3,(H2,17,21). The molecule has 3 N–H and O–H groups in total. The second-order valence-corrected chi connectivity index (χ2v) is 6.94. The molecule has 0 radical (unpaired) electrons. The van der Waals surface area contributed by atoms with Crippen molar-refractivity contribution in [3.8, 4) is 0 Å². The van der Waals surface area contributed by atoms with Gasteiger partial charge in [0.25, 0.3) is 0 Å². The molecule has 1 saturated heterocycles. The van der Waals surface area contributed by atoms with E-state index in [4.69, 9.17) is 5.73 Å². The summed E-state index contributed by atoms with van der Waals surface area (Å²) in [6.07, 6.45) is 2.98. The molecule has 1 unspecified atom stereocenters. The SMILES string of the molecule is CNC(C)(CCCCN1CCN(CC(C)C)CC1)C(N)=O. The molecule has 1 amide bonds. The number of primary amides is 1. The lowest BCUT2D eigenvalue weighted by Crippen LogP contribution is -2.51. The minimum atomic E-state index is -0.560. The van der Waals surface area contributed by atoms with Gasteiger partial charge in [-0.25, -0.2) is 0 Å². The van der Waals surface area contributed by atoms with Gasteiger partial charge in [-0.15, -0.1) is 0 Å². The number of carbonyl (C=O) groups is 1. The maximum absolute atomic E-state index is 11.4. The van der Waals surface area contributed by atoms with Crippen molar-refractivity contribution in [1.29, 1.82) is 0 Å². The molecule has 1 aliphatic rings. The summed E-state index contributed by atoms with van der Waals surface area (Å²) < 4.78 is 0. The van der Waals surface area contributed by atoms with Crippen LogP contribution in [0, 0.1) is 5.92 Å². The highest BCUT2D eigenvalue weighted by Gasteiger charge is 2.28. The van der Waals surface area contributed by atoms with Crippen LogP contribution in [0.4, 0.5) is 0 Å². The first kappa shape index (κ1) is 18.4. The topological polar surface area (TPSA) is 61.6 Å². The van der Waals surface area contributed by atoms with Crippen LogP contribution in [0.25, 0.3) is 0 Å². The van der Waals surface area contributed by atoms with Crippen molar-refractivity contribution in [1.82, 2.24) is 15.1 Å². The van der Waals surface area contributed by atoms with Crippen molar-refractivity contribution in [2.75, 3.05) is 46.3 Å². The fourth-order valence-electron chi connectivity index (χ4n) is 2.90. The number of hydrogen-bond acceptors (Lipinski definition) is 4. The van der Waals surface area contributed by atoms with Gasteiger partial charge in [0.15, 0.2) is 0 Å². The lowest BCUT2D eigenvalue weighted by atomic mass is 9.94. The van der Waals surface area contributed by atoms with E-state index in [1.54, 1.807) is 7.05 Å². The zero-order valence-corrected chi connectivity index (χ0v) is 14.3. The summed E-state index contributed by atoms with van der Waals surface area (Å²) >= 11 is 0. The van der Waals surface area contributed by atoms with Gasteiger partial charge in [-0.05, 0) is 45.7 Å². The van der Waals surface area contributed by atoms with Crippen molar-refractivity contribution in [2.24, 2.45) is 11.7 Å². The van der Waals surface area contributed by atoms with Gasteiger partial charge < -0.3 is 20.9 Å². The van der Waals surface area contributed by atoms with E-state index in [2.05, 4.69) is 29.0 Å². The number of carbonyl (C=O) groups excluding carboxylic acids is 1. The highest BCUT2D eigenvalue weighted by Crippen LogP contribution is 2.14. The van der Waals surface area contributed by atoms with E-state index in [1.165, 1.54) is 32.7 Å². The molecular formula is C16H34N4O. The number of unbranched alkanes of at least 4 members (excludes halogenated alkanes) is 1. The molecule has 0 aliphatic carbocycles. The van der Waals surface area contributed by atoms with Crippen LogP contribution >= 0.6 is 0 Å². The highest BCUT2D eigenvalue weighted by atomic mass is 16.1. The third-order valence-electron chi connectivity index (χ3n) is 4.58. The molecule has 1 rings (SSSR count). The van der Waals surface area contributed by atoms with Gasteiger partial charge in [0.2, 0.25) is 5.91 Å². The Morgan fingerprint density at radius 3 is 2.24 bits per heavy atom. The van der Waals surface area contributed by atoms with Crippen LogP contribution < -0.4 is 11.1 Å². The summed E-state index contributed by atoms with van der Waals surface area (Å²) in [5, 5.41) is 3.05. The van der Waals surface area contributed by atoms with Crippen LogP contribution in [0.15, 0.2) is 0 Å². The number of hydrogen-bond donors (Lipinski definition) is 2. The van der Waals surface area contributed by atoms with Gasteiger partial charge in [0.05, 0.1) is 5.54 Å². The van der Waals surface area contributed by atoms with E-state index in [9.17, 15) is 4.79 Å². The molecule has 1 aliphatic heterocycles. The Labute approximate surface area is 130 Å². The van der Waals surface area contributed by atoms with Crippen LogP contribution in [0.2, 0.25) is 0 Å². The lowest BCUT2D eigenvalue weighted by molar-refractivity contribution is -0.123. The molecule has 124 valence electrons. The van der Waals surface area contributed by atoms with Crippen LogP contribution in [0.1, 0.15) is 40.0 Å². The maximum atomic E-state index is 11.4. The molecule has 1 heterocycles. The van der Waals surface area contributed by atoms with Crippen molar-refractivity contribution in [3.63, 3.8) is 0 Å². The molecule has 0 aromatic heterocycles. The number of nitrogens with two attached hydrogens (primary N) is 1. The summed E-state index contributed by atoms with van der Waals surface area (Å²) in [5.74, 6) is 0.497. The van der Waals surface area contributed by atoms with Crippen LogP contribution in [0.5, 0.6) is 0 Å². The number of rotatable bonds is 9. The van der Waals surface area contributed by atoms with Crippen molar-refractivity contribution in [2.45, 2.75) is 45.6 Å². The minimum Gasteiger partial charge on any atom is -0.368 e. The van der Waals surface area contributed by atoms with Crippen molar-refractivity contribution in [3.05, 3.63) is 0 Å². The fourth-order valence-corrected chi connectivity index (χ4v) is 2.90. The molecule has 1 atom stereocenters. The first-order chi connectivity index (χ1) is 9.87. The molecule has 0 spiro atoms. The summed E-state index contributed by atoms with van der Waals surface area (Å²) in [4.78, 5) is 16.5. The average molecular weight is 298 g/mol. The van der Waals surface area contributed by atoms with Crippen LogP contribution in [-0.2, 0) is 4.79 Å². The molecule has 0 aromatic rings. The average Bonchev–Trinajstić information content (AvgIpc) is 2.44. The lowest BCUT2D eigenvalue weighted by Gasteiger charge is -2.35. The first-order valence-electron chi connectivity index (χ1n) is 8.31. The third kappa shape index (κ3) is 6.32. The van der Waals surface area contributed by atoms with E-state index in [0.29, 0.717) is 0 Å². The van der Waals surface area contributed by atoms with Gasteiger partial charge >= 0.3 is 0 Å². The predicted molar refractivity (Wildman–Crippen MR) is 88.2 cm³/mol. The van der Waals surface area contributed by atoms with Gasteiger partial charge in [0, 0.05) is 32.7 Å². The normalized spacial score (nSPS) is 20.6. The van der Waals surface area contributed by atoms with Gasteiger partial charge in [0.1, 0.15) is 0 Å². The summed E-state index contributed by atoms with van der Waals surface area (Å²) in [5.41, 5.74) is 4.88. The Morgan fingerprint density at radius 2 is 1.76 bits per heavy atom. The zero-order chi connectivity index (χ0) is 15.9. The van der Waals surface area contributed by atoms with Crippen LogP contribution in [0.3, 0.4) is 0 Å². The number of piperazine rings is 1. The minimum absolute atomic E-state index is 0.257. The molecule has 0 saturated carbocycles. The Morgan fingerprint density at radius 1 is 1.19 bits per heavy atom. The summed E-state index contributed by atoms with van der Waals surface area (Å²) in [7, 11) is 1.80. The second kappa shape index (κ2) is 8.71. The number of nitrogens with zero attached hydrogens (tertiary/aromatic N) is 2. The van der Waals surface area contributed by atoms with E-state index in [-0.39, 0.29) is 5.91 Å². The second-order valence-electron chi connectivity index (χ2n) is 6.94. The Kier molecular flexibility index (Phi) is 7.63. The largest absolute Gasteiger partial charge is 0.368 e. The number of nitrogens with one attached hydrogen (secondary N) is 1. The maximum Gasteiger partial charge on any atom is 0.237 e. The van der Waals surface area contributed by atoms with E-state index >= 15 is 0 Å². The highest BCUT2D eigenvalue weighted by molar-refractivity contribution is 5.84. The molecular weight excluding hydrogens is 264 g/mol. The summed E-state index contributed by atoms with van der Waals surface area (Å²) in [6.45, 7) is 13.5. The van der Waals surface area contributed by atoms with E-state index in [0.717, 1.165) is 31.7 Å². The first-order valence-corrected chi connectivity index (χ1v) is 8.31. The summed E-state index contributed by atoms with van der Waals surface area (Å²) in [6, 6.07) is 0. The van der Waals surface area contributed by atoms with Gasteiger partial charge in [-0.1, -0.05) is 13.8 Å². The zero-order valence-electron chi connectivity index (χ0n) is 14.3. The molecule has 5 heteroatoms. The Hall–Kier alpha value is -0.650. The smallest absolute Gasteiger partial charge is 0.237 e. The monoisotopic (exact) mass is 298 g/mol. The van der Waals surface area contributed by atoms with Gasteiger partial charge in [-0.3, -0.25) is 4.79 Å². The Bertz CT molecular complexity index is 313. The molecule has 0 aromatic carbocycles. The Balaban J connectivity index is 2.16. The predicted octanol–water partition coefficient (Wildman–Crippen LogP) is 0.894. The van der Waals surface area contributed by atoms with Crippen molar-refractivity contribution >= 4 is 5.91 Å². The van der Waals surface area contributed by atoms with Crippen LogP contribution in [-0.4, -0.2) is 67.6 Å². The van der Waals surface area contributed by atoms with E-state index < -0.39 is 5.54 Å². The van der Waals surface area contributed by atoms with Crippen molar-refractivity contribution < 1.29 is 4.79 Å². The van der Waals surface area contributed by atoms with Gasteiger partial charge in [-0.2, -0.15) is 0 Å². The van der Waals surface area contributed by atoms with E-state index in [1.807, 2.05) is 6.92 Å². The third-order valence-corrected chi connectivity index (χ3v) is 4.58. The quantitative estimate of drug-likeness (QED) is 0.621. The molecule has 0 bridgehead atoms. The molecule has 21 heavy (non-hydrogen) atoms. The molecule has 1 fully saturated rings. The number of amides is 1. The number of likely N-dealkylation sites (N-methyl/N-ethyl adjacent to an activating group) is 1.